The highest BCUT2D eigenvalue weighted by Gasteiger charge is 2.18. The fraction of sp³-hybridized carbons (Fsp3) is 0.889. The lowest BCUT2D eigenvalue weighted by molar-refractivity contribution is -0.113. The number of carbonyl (C=O) groups is 1. The highest BCUT2D eigenvalue weighted by Crippen LogP contribution is 2.08. The van der Waals surface area contributed by atoms with Gasteiger partial charge in [-0.05, 0) is 34.6 Å². The molecule has 11 heavy (non-hydrogen) atoms. The molecule has 0 saturated carbocycles. The third-order valence-electron chi connectivity index (χ3n) is 1.86. The molecule has 0 aliphatic heterocycles. The minimum atomic E-state index is 0.0370. The number of hydrogen-bond donors (Lipinski definition) is 0. The minimum absolute atomic E-state index is 0.0370. The molecule has 0 N–H and O–H groups in total. The predicted molar refractivity (Wildman–Crippen MR) is 47.6 cm³/mol. The van der Waals surface area contributed by atoms with Gasteiger partial charge in [-0.1, -0.05) is 0 Å². The third kappa shape index (κ3) is 3.02. The Bertz CT molecular complexity index is 113. The SMILES string of the molecule is CC(C)N(C(C)C)C(C)C=O. The summed E-state index contributed by atoms with van der Waals surface area (Å²) in [5.41, 5.74) is 0. The van der Waals surface area contributed by atoms with Crippen molar-refractivity contribution in [2.45, 2.75) is 52.7 Å². The molecule has 0 aliphatic rings. The van der Waals surface area contributed by atoms with Crippen LogP contribution in [0.2, 0.25) is 0 Å². The second kappa shape index (κ2) is 4.50. The second-order valence-corrected chi connectivity index (χ2v) is 3.51. The first kappa shape index (κ1) is 10.6. The molecule has 2 nitrogen and oxygen atoms in total. The number of carbonyl (C=O) groups excluding carboxylic acids is 1. The van der Waals surface area contributed by atoms with Gasteiger partial charge < -0.3 is 4.79 Å². The minimum Gasteiger partial charge on any atom is -0.302 e. The van der Waals surface area contributed by atoms with E-state index in [2.05, 4.69) is 32.6 Å². The molecule has 1 unspecified atom stereocenters. The first-order chi connectivity index (χ1) is 5.00. The van der Waals surface area contributed by atoms with E-state index in [9.17, 15) is 4.79 Å². The van der Waals surface area contributed by atoms with Crippen LogP contribution in [0, 0.1) is 0 Å². The summed E-state index contributed by atoms with van der Waals surface area (Å²) in [6.45, 7) is 10.4. The zero-order chi connectivity index (χ0) is 9.02. The molecular weight excluding hydrogens is 138 g/mol. The summed E-state index contributed by atoms with van der Waals surface area (Å²) in [5.74, 6) is 0. The van der Waals surface area contributed by atoms with Gasteiger partial charge in [-0.25, -0.2) is 0 Å². The Labute approximate surface area is 69.6 Å². The summed E-state index contributed by atoms with van der Waals surface area (Å²) >= 11 is 0. The molecule has 0 bridgehead atoms. The van der Waals surface area contributed by atoms with Crippen LogP contribution in [-0.4, -0.2) is 29.3 Å². The van der Waals surface area contributed by atoms with Crippen LogP contribution >= 0.6 is 0 Å². The van der Waals surface area contributed by atoms with Crippen LogP contribution in [0.4, 0.5) is 0 Å². The van der Waals surface area contributed by atoms with Crippen molar-refractivity contribution in [3.05, 3.63) is 0 Å². The Morgan fingerprint density at radius 1 is 1.00 bits per heavy atom. The van der Waals surface area contributed by atoms with E-state index in [1.807, 2.05) is 6.92 Å². The van der Waals surface area contributed by atoms with E-state index in [4.69, 9.17) is 0 Å². The maximum Gasteiger partial charge on any atom is 0.136 e. The van der Waals surface area contributed by atoms with Gasteiger partial charge in [0.15, 0.2) is 0 Å². The number of rotatable bonds is 4. The summed E-state index contributed by atoms with van der Waals surface area (Å²) in [6, 6.07) is 0.917. The maximum atomic E-state index is 10.5. The first-order valence-corrected chi connectivity index (χ1v) is 4.23. The van der Waals surface area contributed by atoms with E-state index >= 15 is 0 Å². The van der Waals surface area contributed by atoms with Gasteiger partial charge in [0, 0.05) is 12.1 Å². The van der Waals surface area contributed by atoms with E-state index in [1.54, 1.807) is 0 Å². The van der Waals surface area contributed by atoms with Crippen LogP contribution in [-0.2, 0) is 4.79 Å². The van der Waals surface area contributed by atoms with Crippen LogP contribution in [0.1, 0.15) is 34.6 Å². The lowest BCUT2D eigenvalue weighted by Crippen LogP contribution is -2.44. The van der Waals surface area contributed by atoms with Crippen molar-refractivity contribution in [3.8, 4) is 0 Å². The van der Waals surface area contributed by atoms with Gasteiger partial charge in [0.2, 0.25) is 0 Å². The fourth-order valence-electron chi connectivity index (χ4n) is 1.61. The number of hydrogen-bond acceptors (Lipinski definition) is 2. The van der Waals surface area contributed by atoms with Gasteiger partial charge in [-0.15, -0.1) is 0 Å². The first-order valence-electron chi connectivity index (χ1n) is 4.23. The molecular formula is C9H19NO. The molecule has 0 fully saturated rings. The van der Waals surface area contributed by atoms with Crippen molar-refractivity contribution in [1.82, 2.24) is 4.90 Å². The Balaban J connectivity index is 4.20. The summed E-state index contributed by atoms with van der Waals surface area (Å²) in [6.07, 6.45) is 1.00. The van der Waals surface area contributed by atoms with Gasteiger partial charge in [0.25, 0.3) is 0 Å². The molecule has 0 heterocycles. The van der Waals surface area contributed by atoms with Crippen molar-refractivity contribution in [2.75, 3.05) is 0 Å². The highest BCUT2D eigenvalue weighted by molar-refractivity contribution is 5.56. The normalized spacial score (nSPS) is 14.5. The van der Waals surface area contributed by atoms with Crippen molar-refractivity contribution < 1.29 is 4.79 Å². The average Bonchev–Trinajstić information content (AvgIpc) is 1.85. The summed E-state index contributed by atoms with van der Waals surface area (Å²) in [5, 5.41) is 0. The average molecular weight is 157 g/mol. The molecule has 0 radical (unpaired) electrons. The second-order valence-electron chi connectivity index (χ2n) is 3.51. The Hall–Kier alpha value is -0.370. The monoisotopic (exact) mass is 157 g/mol. The van der Waals surface area contributed by atoms with Crippen molar-refractivity contribution in [1.29, 1.82) is 0 Å². The molecule has 0 saturated heterocycles. The fourth-order valence-corrected chi connectivity index (χ4v) is 1.61. The zero-order valence-electron chi connectivity index (χ0n) is 8.16. The molecule has 0 aromatic heterocycles. The van der Waals surface area contributed by atoms with E-state index < -0.39 is 0 Å². The molecule has 0 aromatic rings. The van der Waals surface area contributed by atoms with E-state index in [-0.39, 0.29) is 6.04 Å². The maximum absolute atomic E-state index is 10.5. The highest BCUT2D eigenvalue weighted by atomic mass is 16.1. The van der Waals surface area contributed by atoms with Gasteiger partial charge in [0.1, 0.15) is 6.29 Å². The summed E-state index contributed by atoms with van der Waals surface area (Å²) in [4.78, 5) is 12.7. The van der Waals surface area contributed by atoms with Crippen LogP contribution in [0.25, 0.3) is 0 Å². The largest absolute Gasteiger partial charge is 0.302 e. The Kier molecular flexibility index (Phi) is 4.34. The Morgan fingerprint density at radius 2 is 1.36 bits per heavy atom. The van der Waals surface area contributed by atoms with Gasteiger partial charge in [-0.2, -0.15) is 0 Å². The summed E-state index contributed by atoms with van der Waals surface area (Å²) < 4.78 is 0. The lowest BCUT2D eigenvalue weighted by Gasteiger charge is -2.33. The molecule has 0 aliphatic carbocycles. The van der Waals surface area contributed by atoms with E-state index in [0.29, 0.717) is 12.1 Å². The molecule has 0 amide bonds. The van der Waals surface area contributed by atoms with Crippen LogP contribution < -0.4 is 0 Å². The molecule has 1 atom stereocenters. The topological polar surface area (TPSA) is 20.3 Å². The molecule has 0 aromatic carbocycles. The van der Waals surface area contributed by atoms with Gasteiger partial charge >= 0.3 is 0 Å². The molecule has 66 valence electrons. The third-order valence-corrected chi connectivity index (χ3v) is 1.86. The van der Waals surface area contributed by atoms with E-state index in [1.165, 1.54) is 0 Å². The van der Waals surface area contributed by atoms with E-state index in [0.717, 1.165) is 6.29 Å². The lowest BCUT2D eigenvalue weighted by atomic mass is 10.2. The van der Waals surface area contributed by atoms with Crippen molar-refractivity contribution in [3.63, 3.8) is 0 Å². The van der Waals surface area contributed by atoms with Crippen molar-refractivity contribution >= 4 is 6.29 Å². The predicted octanol–water partition coefficient (Wildman–Crippen LogP) is 1.69. The van der Waals surface area contributed by atoms with Crippen molar-refractivity contribution in [2.24, 2.45) is 0 Å². The quantitative estimate of drug-likeness (QED) is 0.579. The standard InChI is InChI=1S/C9H19NO/c1-7(2)10(8(3)4)9(5)6-11/h6-9H,1-5H3. The number of nitrogens with zero attached hydrogens (tertiary/aromatic N) is 1. The molecule has 2 heteroatoms. The van der Waals surface area contributed by atoms with Crippen LogP contribution in [0.15, 0.2) is 0 Å². The van der Waals surface area contributed by atoms with Gasteiger partial charge in [0.05, 0.1) is 6.04 Å². The van der Waals surface area contributed by atoms with Crippen LogP contribution in [0.3, 0.4) is 0 Å². The smallest absolute Gasteiger partial charge is 0.136 e. The molecule has 0 spiro atoms. The number of aldehydes is 1. The molecule has 0 rings (SSSR count). The van der Waals surface area contributed by atoms with Gasteiger partial charge in [-0.3, -0.25) is 4.90 Å². The summed E-state index contributed by atoms with van der Waals surface area (Å²) in [7, 11) is 0. The zero-order valence-corrected chi connectivity index (χ0v) is 8.16. The van der Waals surface area contributed by atoms with Crippen LogP contribution in [0.5, 0.6) is 0 Å². The Morgan fingerprint density at radius 3 is 1.45 bits per heavy atom.